The molecule has 26 heavy (non-hydrogen) atoms. The largest absolute Gasteiger partial charge is 0.465 e. The topological polar surface area (TPSA) is 71.8 Å². The SMILES string of the molecule is CCOC(=O)c1ccccc1NCN1C(=O)/C(=C\c2ccco2)SC1=S. The van der Waals surface area contributed by atoms with Gasteiger partial charge in [0.2, 0.25) is 0 Å². The predicted molar refractivity (Wildman–Crippen MR) is 105 cm³/mol. The van der Waals surface area contributed by atoms with Crippen LogP contribution in [-0.2, 0) is 9.53 Å². The molecule has 1 aliphatic rings. The number of ether oxygens (including phenoxy) is 1. The second-order valence-corrected chi connectivity index (χ2v) is 6.90. The van der Waals surface area contributed by atoms with Gasteiger partial charge < -0.3 is 14.5 Å². The first kappa shape index (κ1) is 18.2. The monoisotopic (exact) mass is 388 g/mol. The number of para-hydroxylation sites is 1. The quantitative estimate of drug-likeness (QED) is 0.459. The lowest BCUT2D eigenvalue weighted by molar-refractivity contribution is -0.121. The van der Waals surface area contributed by atoms with E-state index < -0.39 is 5.97 Å². The molecule has 2 aromatic rings. The van der Waals surface area contributed by atoms with E-state index in [1.807, 2.05) is 0 Å². The number of esters is 1. The number of thiocarbonyl (C=S) groups is 1. The van der Waals surface area contributed by atoms with Gasteiger partial charge in [0.05, 0.1) is 35.7 Å². The number of anilines is 1. The summed E-state index contributed by atoms with van der Waals surface area (Å²) >= 11 is 6.51. The average molecular weight is 388 g/mol. The van der Waals surface area contributed by atoms with Gasteiger partial charge in [-0.05, 0) is 31.2 Å². The van der Waals surface area contributed by atoms with Gasteiger partial charge in [-0.15, -0.1) is 0 Å². The van der Waals surface area contributed by atoms with Crippen LogP contribution < -0.4 is 5.32 Å². The lowest BCUT2D eigenvalue weighted by Gasteiger charge is -2.17. The van der Waals surface area contributed by atoms with E-state index in [4.69, 9.17) is 21.4 Å². The molecule has 1 amide bonds. The molecule has 0 aliphatic carbocycles. The van der Waals surface area contributed by atoms with E-state index in [1.165, 1.54) is 16.7 Å². The molecule has 0 radical (unpaired) electrons. The zero-order valence-electron chi connectivity index (χ0n) is 13.9. The summed E-state index contributed by atoms with van der Waals surface area (Å²) in [6.07, 6.45) is 3.20. The van der Waals surface area contributed by atoms with Gasteiger partial charge in [0.1, 0.15) is 10.1 Å². The van der Waals surface area contributed by atoms with Crippen molar-refractivity contribution in [2.45, 2.75) is 6.92 Å². The second kappa shape index (κ2) is 8.20. The summed E-state index contributed by atoms with van der Waals surface area (Å²) in [6, 6.07) is 10.5. The van der Waals surface area contributed by atoms with Crippen LogP contribution in [0.2, 0.25) is 0 Å². The van der Waals surface area contributed by atoms with Gasteiger partial charge in [0.25, 0.3) is 5.91 Å². The Morgan fingerprint density at radius 3 is 2.88 bits per heavy atom. The van der Waals surface area contributed by atoms with Crippen LogP contribution in [-0.4, -0.2) is 34.4 Å². The summed E-state index contributed by atoms with van der Waals surface area (Å²) < 4.78 is 10.7. The molecule has 1 saturated heterocycles. The van der Waals surface area contributed by atoms with Gasteiger partial charge in [0.15, 0.2) is 0 Å². The predicted octanol–water partition coefficient (Wildman–Crippen LogP) is 3.73. The number of carbonyl (C=O) groups excluding carboxylic acids is 2. The van der Waals surface area contributed by atoms with E-state index in [9.17, 15) is 9.59 Å². The lowest BCUT2D eigenvalue weighted by atomic mass is 10.2. The van der Waals surface area contributed by atoms with Crippen molar-refractivity contribution in [3.05, 3.63) is 58.9 Å². The van der Waals surface area contributed by atoms with Crippen LogP contribution >= 0.6 is 24.0 Å². The van der Waals surface area contributed by atoms with Crippen molar-refractivity contribution in [1.82, 2.24) is 4.90 Å². The van der Waals surface area contributed by atoms with Crippen LogP contribution in [0.4, 0.5) is 5.69 Å². The molecule has 8 heteroatoms. The number of hydrogen-bond acceptors (Lipinski definition) is 7. The third-order valence-corrected chi connectivity index (χ3v) is 4.92. The maximum Gasteiger partial charge on any atom is 0.340 e. The maximum absolute atomic E-state index is 12.6. The molecule has 1 N–H and O–H groups in total. The van der Waals surface area contributed by atoms with Crippen molar-refractivity contribution in [1.29, 1.82) is 0 Å². The zero-order valence-corrected chi connectivity index (χ0v) is 15.6. The van der Waals surface area contributed by atoms with Crippen LogP contribution in [0.3, 0.4) is 0 Å². The number of nitrogens with one attached hydrogen (secondary N) is 1. The van der Waals surface area contributed by atoms with E-state index in [-0.39, 0.29) is 12.6 Å². The summed E-state index contributed by atoms with van der Waals surface area (Å²) in [5.41, 5.74) is 0.987. The van der Waals surface area contributed by atoms with Crippen molar-refractivity contribution in [2.75, 3.05) is 18.6 Å². The molecule has 1 fully saturated rings. The lowest BCUT2D eigenvalue weighted by Crippen LogP contribution is -2.33. The van der Waals surface area contributed by atoms with Gasteiger partial charge in [-0.2, -0.15) is 0 Å². The van der Waals surface area contributed by atoms with Gasteiger partial charge >= 0.3 is 5.97 Å². The Bertz CT molecular complexity index is 862. The Labute approximate surface area is 160 Å². The minimum Gasteiger partial charge on any atom is -0.465 e. The van der Waals surface area contributed by atoms with Crippen LogP contribution in [0.15, 0.2) is 52.0 Å². The summed E-state index contributed by atoms with van der Waals surface area (Å²) in [5, 5.41) is 3.09. The number of benzene rings is 1. The fraction of sp³-hybridized carbons (Fsp3) is 0.167. The molecule has 0 unspecified atom stereocenters. The summed E-state index contributed by atoms with van der Waals surface area (Å²) in [6.45, 7) is 2.19. The zero-order chi connectivity index (χ0) is 18.5. The standard InChI is InChI=1S/C18H16N2O4S2/c1-2-23-17(22)13-7-3-4-8-14(13)19-11-20-16(21)15(26-18(20)25)10-12-6-5-9-24-12/h3-10,19H,2,11H2,1H3/b15-10+. The molecule has 6 nitrogen and oxygen atoms in total. The number of carbonyl (C=O) groups is 2. The number of nitrogens with zero attached hydrogens (tertiary/aromatic N) is 1. The number of furan rings is 1. The van der Waals surface area contributed by atoms with Crippen LogP contribution in [0, 0.1) is 0 Å². The van der Waals surface area contributed by atoms with E-state index in [2.05, 4.69) is 5.32 Å². The highest BCUT2D eigenvalue weighted by Gasteiger charge is 2.32. The molecule has 0 saturated carbocycles. The summed E-state index contributed by atoms with van der Waals surface area (Å²) in [4.78, 5) is 26.5. The van der Waals surface area contributed by atoms with Crippen molar-refractivity contribution >= 4 is 51.9 Å². The molecule has 0 bridgehead atoms. The number of amides is 1. The number of thioether (sulfide) groups is 1. The van der Waals surface area contributed by atoms with Crippen molar-refractivity contribution in [3.63, 3.8) is 0 Å². The van der Waals surface area contributed by atoms with Gasteiger partial charge in [-0.1, -0.05) is 36.1 Å². The third kappa shape index (κ3) is 3.97. The highest BCUT2D eigenvalue weighted by atomic mass is 32.2. The Hall–Kier alpha value is -2.58. The van der Waals surface area contributed by atoms with Crippen LogP contribution in [0.1, 0.15) is 23.0 Å². The first-order valence-corrected chi connectivity index (χ1v) is 9.11. The Balaban J connectivity index is 1.72. The molecule has 0 spiro atoms. The normalized spacial score (nSPS) is 15.6. The Kier molecular flexibility index (Phi) is 5.75. The fourth-order valence-corrected chi connectivity index (χ4v) is 3.56. The number of hydrogen-bond donors (Lipinski definition) is 1. The van der Waals surface area contributed by atoms with Gasteiger partial charge in [0, 0.05) is 6.08 Å². The van der Waals surface area contributed by atoms with Gasteiger partial charge in [-0.25, -0.2) is 4.79 Å². The molecule has 3 rings (SSSR count). The number of rotatable bonds is 6. The maximum atomic E-state index is 12.6. The van der Waals surface area contributed by atoms with Crippen molar-refractivity contribution in [2.24, 2.45) is 0 Å². The first-order chi connectivity index (χ1) is 12.6. The minimum absolute atomic E-state index is 0.149. The van der Waals surface area contributed by atoms with Crippen LogP contribution in [0.5, 0.6) is 0 Å². The summed E-state index contributed by atoms with van der Waals surface area (Å²) in [5.74, 6) is -0.0395. The van der Waals surface area contributed by atoms with E-state index in [1.54, 1.807) is 55.7 Å². The molecule has 2 heterocycles. The van der Waals surface area contributed by atoms with E-state index in [0.717, 1.165) is 0 Å². The van der Waals surface area contributed by atoms with Crippen molar-refractivity contribution in [3.8, 4) is 0 Å². The molecule has 1 aromatic heterocycles. The third-order valence-electron chi connectivity index (χ3n) is 3.54. The fourth-order valence-electron chi connectivity index (χ4n) is 2.33. The molecular weight excluding hydrogens is 372 g/mol. The first-order valence-electron chi connectivity index (χ1n) is 7.89. The Morgan fingerprint density at radius 1 is 1.35 bits per heavy atom. The average Bonchev–Trinajstić information content (AvgIpc) is 3.23. The minimum atomic E-state index is -0.418. The smallest absolute Gasteiger partial charge is 0.340 e. The molecule has 1 aliphatic heterocycles. The molecule has 1 aromatic carbocycles. The van der Waals surface area contributed by atoms with E-state index >= 15 is 0 Å². The second-order valence-electron chi connectivity index (χ2n) is 5.23. The molecule has 0 atom stereocenters. The molecule has 134 valence electrons. The van der Waals surface area contributed by atoms with E-state index in [0.29, 0.717) is 32.8 Å². The Morgan fingerprint density at radius 2 is 2.15 bits per heavy atom. The highest BCUT2D eigenvalue weighted by Crippen LogP contribution is 2.32. The van der Waals surface area contributed by atoms with Crippen LogP contribution in [0.25, 0.3) is 6.08 Å². The summed E-state index contributed by atoms with van der Waals surface area (Å²) in [7, 11) is 0. The highest BCUT2D eigenvalue weighted by molar-refractivity contribution is 8.26. The van der Waals surface area contributed by atoms with Crippen molar-refractivity contribution < 1.29 is 18.7 Å². The molecular formula is C18H16N2O4S2. The van der Waals surface area contributed by atoms with Gasteiger partial charge in [-0.3, -0.25) is 9.69 Å².